The number of halogens is 5. The van der Waals surface area contributed by atoms with Crippen LogP contribution < -0.4 is 10.6 Å². The Morgan fingerprint density at radius 3 is 2.53 bits per heavy atom. The van der Waals surface area contributed by atoms with Gasteiger partial charge >= 0.3 is 18.3 Å². The number of alkyl halides is 4. The van der Waals surface area contributed by atoms with E-state index in [4.69, 9.17) is 0 Å². The van der Waals surface area contributed by atoms with Crippen LogP contribution in [0.15, 0.2) is 24.3 Å². The minimum Gasteiger partial charge on any atom is -0.321 e. The smallest absolute Gasteiger partial charge is 0.321 e. The zero-order chi connectivity index (χ0) is 13.8. The molecule has 0 bridgehead atoms. The van der Waals surface area contributed by atoms with Gasteiger partial charge in [0.25, 0.3) is 0 Å². The Balaban J connectivity index is 0.00000324. The monoisotopic (exact) mass is 300 g/mol. The second-order valence-corrected chi connectivity index (χ2v) is 3.61. The summed E-state index contributed by atoms with van der Waals surface area (Å²) in [6.07, 6.45) is -4.03. The molecule has 0 spiro atoms. The van der Waals surface area contributed by atoms with Crippen LogP contribution in [0.1, 0.15) is 5.56 Å². The van der Waals surface area contributed by atoms with E-state index in [0.717, 1.165) is 5.56 Å². The van der Waals surface area contributed by atoms with E-state index in [9.17, 15) is 22.4 Å². The number of carbonyl (C=O) groups is 1. The number of hydrogen-bond acceptors (Lipinski definition) is 2. The molecule has 8 heteroatoms. The standard InChI is InChI=1S/C11H12F4N2O.ClH/c1-16-6-7-3-2-4-8(5-7)17-10(18)11(14,15)9(12)13;/h2-5,9,16H,6H2,1H3,(H,17,18);1H. The van der Waals surface area contributed by atoms with E-state index in [2.05, 4.69) is 5.32 Å². The van der Waals surface area contributed by atoms with Crippen LogP contribution in [-0.2, 0) is 11.3 Å². The lowest BCUT2D eigenvalue weighted by atomic mass is 10.2. The second-order valence-electron chi connectivity index (χ2n) is 3.61. The van der Waals surface area contributed by atoms with Crippen molar-refractivity contribution in [3.63, 3.8) is 0 Å². The van der Waals surface area contributed by atoms with Crippen LogP contribution in [0.25, 0.3) is 0 Å². The zero-order valence-corrected chi connectivity index (χ0v) is 10.7. The van der Waals surface area contributed by atoms with Gasteiger partial charge in [0.1, 0.15) is 0 Å². The molecule has 0 atom stereocenters. The highest BCUT2D eigenvalue weighted by atomic mass is 35.5. The lowest BCUT2D eigenvalue weighted by molar-refractivity contribution is -0.163. The molecular weight excluding hydrogens is 288 g/mol. The minimum absolute atomic E-state index is 0. The fourth-order valence-electron chi connectivity index (χ4n) is 1.28. The second kappa shape index (κ2) is 7.30. The van der Waals surface area contributed by atoms with Crippen molar-refractivity contribution in [3.05, 3.63) is 29.8 Å². The summed E-state index contributed by atoms with van der Waals surface area (Å²) in [7, 11) is 1.69. The van der Waals surface area contributed by atoms with Gasteiger partial charge in [0.2, 0.25) is 0 Å². The summed E-state index contributed by atoms with van der Waals surface area (Å²) >= 11 is 0. The number of hydrogen-bond donors (Lipinski definition) is 2. The SMILES string of the molecule is CNCc1cccc(NC(=O)C(F)(F)C(F)F)c1.Cl. The Bertz CT molecular complexity index is 429. The van der Waals surface area contributed by atoms with Crippen LogP contribution in [0.2, 0.25) is 0 Å². The predicted octanol–water partition coefficient (Wildman–Crippen LogP) is 2.67. The molecule has 0 saturated carbocycles. The third-order valence-electron chi connectivity index (χ3n) is 2.14. The fourth-order valence-corrected chi connectivity index (χ4v) is 1.28. The van der Waals surface area contributed by atoms with E-state index < -0.39 is 18.3 Å². The van der Waals surface area contributed by atoms with Crippen LogP contribution in [0.5, 0.6) is 0 Å². The highest BCUT2D eigenvalue weighted by molar-refractivity contribution is 5.96. The maximum atomic E-state index is 12.7. The zero-order valence-electron chi connectivity index (χ0n) is 9.92. The van der Waals surface area contributed by atoms with Crippen LogP contribution in [0.3, 0.4) is 0 Å². The Morgan fingerprint density at radius 2 is 2.00 bits per heavy atom. The predicted molar refractivity (Wildman–Crippen MR) is 66.0 cm³/mol. The summed E-state index contributed by atoms with van der Waals surface area (Å²) in [5, 5.41) is 4.60. The van der Waals surface area contributed by atoms with Crippen molar-refractivity contribution in [3.8, 4) is 0 Å². The molecule has 19 heavy (non-hydrogen) atoms. The molecule has 2 N–H and O–H groups in total. The van der Waals surface area contributed by atoms with Crippen molar-refractivity contribution in [2.75, 3.05) is 12.4 Å². The van der Waals surface area contributed by atoms with E-state index >= 15 is 0 Å². The van der Waals surface area contributed by atoms with Crippen molar-refractivity contribution in [1.29, 1.82) is 0 Å². The Kier molecular flexibility index (Phi) is 6.78. The van der Waals surface area contributed by atoms with Gasteiger partial charge in [-0.25, -0.2) is 8.78 Å². The number of benzene rings is 1. The highest BCUT2D eigenvalue weighted by Crippen LogP contribution is 2.24. The summed E-state index contributed by atoms with van der Waals surface area (Å²) in [4.78, 5) is 11.0. The molecule has 1 rings (SSSR count). The molecule has 1 aromatic carbocycles. The Labute approximate surface area is 113 Å². The number of carbonyl (C=O) groups excluding carboxylic acids is 1. The van der Waals surface area contributed by atoms with Gasteiger partial charge in [-0.2, -0.15) is 8.78 Å². The molecular formula is C11H13ClF4N2O. The topological polar surface area (TPSA) is 41.1 Å². The van der Waals surface area contributed by atoms with Gasteiger partial charge in [-0.3, -0.25) is 4.79 Å². The summed E-state index contributed by atoms with van der Waals surface area (Å²) in [6, 6.07) is 6.01. The van der Waals surface area contributed by atoms with E-state index in [1.807, 2.05) is 0 Å². The molecule has 0 aliphatic carbocycles. The molecule has 0 heterocycles. The number of nitrogens with one attached hydrogen (secondary N) is 2. The summed E-state index contributed by atoms with van der Waals surface area (Å²) in [6.45, 7) is 0.467. The molecule has 0 aromatic heterocycles. The summed E-state index contributed by atoms with van der Waals surface area (Å²) in [5.74, 6) is -6.71. The first kappa shape index (κ1) is 17.7. The van der Waals surface area contributed by atoms with Gasteiger partial charge in [0, 0.05) is 12.2 Å². The molecule has 108 valence electrons. The highest BCUT2D eigenvalue weighted by Gasteiger charge is 2.48. The Morgan fingerprint density at radius 1 is 1.37 bits per heavy atom. The first-order valence-electron chi connectivity index (χ1n) is 5.09. The third-order valence-corrected chi connectivity index (χ3v) is 2.14. The van der Waals surface area contributed by atoms with Crippen LogP contribution in [0.4, 0.5) is 23.2 Å². The first-order valence-corrected chi connectivity index (χ1v) is 5.09. The van der Waals surface area contributed by atoms with Crippen molar-refractivity contribution >= 4 is 24.0 Å². The van der Waals surface area contributed by atoms with Crippen molar-refractivity contribution < 1.29 is 22.4 Å². The molecule has 0 unspecified atom stereocenters. The van der Waals surface area contributed by atoms with Gasteiger partial charge in [-0.1, -0.05) is 12.1 Å². The summed E-state index contributed by atoms with van der Waals surface area (Å²) < 4.78 is 49.3. The fraction of sp³-hybridized carbons (Fsp3) is 0.364. The molecule has 0 aliphatic rings. The molecule has 3 nitrogen and oxygen atoms in total. The molecule has 0 radical (unpaired) electrons. The van der Waals surface area contributed by atoms with Crippen molar-refractivity contribution in [2.45, 2.75) is 18.9 Å². The maximum Gasteiger partial charge on any atom is 0.383 e. The average Bonchev–Trinajstić information content (AvgIpc) is 2.29. The minimum atomic E-state index is -4.70. The van der Waals surface area contributed by atoms with E-state index in [-0.39, 0.29) is 18.1 Å². The van der Waals surface area contributed by atoms with Gasteiger partial charge in [-0.15, -0.1) is 12.4 Å². The van der Waals surface area contributed by atoms with Crippen molar-refractivity contribution in [1.82, 2.24) is 5.32 Å². The van der Waals surface area contributed by atoms with Crippen molar-refractivity contribution in [2.24, 2.45) is 0 Å². The molecule has 0 fully saturated rings. The largest absolute Gasteiger partial charge is 0.383 e. The van der Waals surface area contributed by atoms with Gasteiger partial charge in [-0.05, 0) is 24.7 Å². The summed E-state index contributed by atoms with van der Waals surface area (Å²) in [5.41, 5.74) is 0.781. The first-order chi connectivity index (χ1) is 8.37. The molecule has 0 saturated heterocycles. The molecule has 1 aromatic rings. The molecule has 0 aliphatic heterocycles. The normalized spacial score (nSPS) is 11.1. The lowest BCUT2D eigenvalue weighted by Gasteiger charge is -2.15. The number of amides is 1. The Hall–Kier alpha value is -1.34. The van der Waals surface area contributed by atoms with E-state index in [1.54, 1.807) is 18.4 Å². The van der Waals surface area contributed by atoms with Gasteiger partial charge in [0.15, 0.2) is 0 Å². The van der Waals surface area contributed by atoms with Crippen LogP contribution >= 0.6 is 12.4 Å². The number of anilines is 1. The third kappa shape index (κ3) is 4.68. The van der Waals surface area contributed by atoms with Gasteiger partial charge < -0.3 is 10.6 Å². The number of rotatable bonds is 5. The maximum absolute atomic E-state index is 12.7. The average molecular weight is 301 g/mol. The van der Waals surface area contributed by atoms with Crippen LogP contribution in [-0.4, -0.2) is 25.3 Å². The van der Waals surface area contributed by atoms with Gasteiger partial charge in [0.05, 0.1) is 0 Å². The van der Waals surface area contributed by atoms with E-state index in [1.165, 1.54) is 18.2 Å². The van der Waals surface area contributed by atoms with E-state index in [0.29, 0.717) is 6.54 Å². The molecule has 1 amide bonds. The lowest BCUT2D eigenvalue weighted by Crippen LogP contribution is -2.41. The van der Waals surface area contributed by atoms with Crippen LogP contribution in [0, 0.1) is 0 Å². The quantitative estimate of drug-likeness (QED) is 0.821.